The van der Waals surface area contributed by atoms with Gasteiger partial charge >= 0.3 is 0 Å². The van der Waals surface area contributed by atoms with E-state index in [9.17, 15) is 0 Å². The first-order chi connectivity index (χ1) is 31.2. The molecule has 12 aromatic rings. The summed E-state index contributed by atoms with van der Waals surface area (Å²) in [5, 5.41) is 9.95. The van der Waals surface area contributed by atoms with Gasteiger partial charge in [0.1, 0.15) is 0 Å². The number of nitrogens with zero attached hydrogens (tertiary/aromatic N) is 1. The third-order valence-corrected chi connectivity index (χ3v) is 14.7. The Morgan fingerprint density at radius 1 is 0.349 bits per heavy atom. The fourth-order valence-electron chi connectivity index (χ4n) is 10.7. The van der Waals surface area contributed by atoms with Crippen molar-refractivity contribution in [1.29, 1.82) is 0 Å². The van der Waals surface area contributed by atoms with Gasteiger partial charge < -0.3 is 4.90 Å². The fraction of sp³-hybridized carbons (Fsp3) is 0.0164. The minimum atomic E-state index is -0.474. The number of benzene rings is 11. The average molecular weight is 818 g/mol. The summed E-state index contributed by atoms with van der Waals surface area (Å²) >= 11 is 1.91. The van der Waals surface area contributed by atoms with Crippen LogP contribution in [0.3, 0.4) is 0 Å². The first kappa shape index (κ1) is 35.9. The maximum atomic E-state index is 2.51. The molecule has 1 aliphatic carbocycles. The number of anilines is 3. The van der Waals surface area contributed by atoms with Gasteiger partial charge in [-0.25, -0.2) is 0 Å². The largest absolute Gasteiger partial charge is 0.310 e. The summed E-state index contributed by atoms with van der Waals surface area (Å²) in [6, 6.07) is 88.0. The number of thiophene rings is 1. The molecule has 294 valence electrons. The van der Waals surface area contributed by atoms with Crippen molar-refractivity contribution in [3.63, 3.8) is 0 Å². The maximum Gasteiger partial charge on any atom is 0.0713 e. The molecule has 2 heteroatoms. The molecule has 1 nitrogen and oxygen atoms in total. The van der Waals surface area contributed by atoms with Gasteiger partial charge in [0.15, 0.2) is 0 Å². The summed E-state index contributed by atoms with van der Waals surface area (Å²) in [6.07, 6.45) is 0. The van der Waals surface area contributed by atoms with Crippen LogP contribution in [0.2, 0.25) is 0 Å². The molecule has 0 saturated carbocycles. The first-order valence-corrected chi connectivity index (χ1v) is 22.6. The Labute approximate surface area is 370 Å². The van der Waals surface area contributed by atoms with Crippen LogP contribution in [-0.4, -0.2) is 0 Å². The minimum Gasteiger partial charge on any atom is -0.310 e. The van der Waals surface area contributed by atoms with Crippen LogP contribution in [0.1, 0.15) is 22.3 Å². The van der Waals surface area contributed by atoms with Gasteiger partial charge in [-0.05, 0) is 109 Å². The van der Waals surface area contributed by atoms with Crippen LogP contribution in [0.5, 0.6) is 0 Å². The molecular weight excluding hydrogens is 779 g/mol. The van der Waals surface area contributed by atoms with Gasteiger partial charge in [-0.2, -0.15) is 0 Å². The van der Waals surface area contributed by atoms with Gasteiger partial charge in [-0.3, -0.25) is 0 Å². The molecule has 0 N–H and O–H groups in total. The molecule has 0 saturated heterocycles. The lowest BCUT2D eigenvalue weighted by molar-refractivity contribution is 0.769. The minimum absolute atomic E-state index is 0.474. The van der Waals surface area contributed by atoms with Crippen LogP contribution < -0.4 is 4.90 Å². The Kier molecular flexibility index (Phi) is 8.06. The second kappa shape index (κ2) is 14.1. The Morgan fingerprint density at radius 3 is 1.59 bits per heavy atom. The average Bonchev–Trinajstić information content (AvgIpc) is 3.88. The lowest BCUT2D eigenvalue weighted by atomic mass is 9.67. The van der Waals surface area contributed by atoms with Gasteiger partial charge in [0.25, 0.3) is 0 Å². The van der Waals surface area contributed by atoms with E-state index in [0.717, 1.165) is 17.1 Å². The van der Waals surface area contributed by atoms with Crippen LogP contribution in [0.15, 0.2) is 237 Å². The van der Waals surface area contributed by atoms with Gasteiger partial charge in [0.2, 0.25) is 0 Å². The number of fused-ring (bicyclic) bond motifs is 10. The monoisotopic (exact) mass is 817 g/mol. The van der Waals surface area contributed by atoms with E-state index in [1.807, 2.05) is 11.3 Å². The molecule has 1 aliphatic rings. The second-order valence-corrected chi connectivity index (χ2v) is 17.8. The lowest BCUT2D eigenvalue weighted by Crippen LogP contribution is -2.28. The van der Waals surface area contributed by atoms with Crippen molar-refractivity contribution in [2.75, 3.05) is 4.90 Å². The summed E-state index contributed by atoms with van der Waals surface area (Å²) < 4.78 is 2.60. The van der Waals surface area contributed by atoms with E-state index < -0.39 is 5.41 Å². The van der Waals surface area contributed by atoms with Gasteiger partial charge in [0.05, 0.1) is 11.1 Å². The molecule has 0 aliphatic heterocycles. The topological polar surface area (TPSA) is 3.24 Å². The molecule has 0 atom stereocenters. The summed E-state index contributed by atoms with van der Waals surface area (Å²) in [5.41, 5.74) is 13.2. The highest BCUT2D eigenvalue weighted by molar-refractivity contribution is 7.26. The molecule has 0 bridgehead atoms. The lowest BCUT2D eigenvalue weighted by Gasteiger charge is -2.34. The van der Waals surface area contributed by atoms with Crippen molar-refractivity contribution < 1.29 is 0 Å². The summed E-state index contributed by atoms with van der Waals surface area (Å²) in [6.45, 7) is 0. The van der Waals surface area contributed by atoms with Gasteiger partial charge in [-0.15, -0.1) is 11.3 Å². The van der Waals surface area contributed by atoms with E-state index in [-0.39, 0.29) is 0 Å². The predicted molar refractivity (Wildman–Crippen MR) is 269 cm³/mol. The van der Waals surface area contributed by atoms with E-state index in [2.05, 4.69) is 241 Å². The molecule has 63 heavy (non-hydrogen) atoms. The zero-order valence-electron chi connectivity index (χ0n) is 34.4. The summed E-state index contributed by atoms with van der Waals surface area (Å²) in [4.78, 5) is 2.48. The SMILES string of the molecule is c1ccc(C2(c3ccccc3)c3ccccc3-c3ccc(-c4cccc5sc6c7ccccc7c(N(c7ccc8ccccc8c7)c7ccc8ccccc8c7)cc6c45)cc32)cc1. The second-order valence-electron chi connectivity index (χ2n) is 16.8. The third kappa shape index (κ3) is 5.42. The Hall–Kier alpha value is -7.78. The zero-order chi connectivity index (χ0) is 41.5. The van der Waals surface area contributed by atoms with Gasteiger partial charge in [-0.1, -0.05) is 194 Å². The molecule has 0 radical (unpaired) electrons. The zero-order valence-corrected chi connectivity index (χ0v) is 35.2. The van der Waals surface area contributed by atoms with Crippen molar-refractivity contribution in [1.82, 2.24) is 0 Å². The van der Waals surface area contributed by atoms with E-state index in [4.69, 9.17) is 0 Å². The maximum absolute atomic E-state index is 2.51. The van der Waals surface area contributed by atoms with Gasteiger partial charge in [0, 0.05) is 42.3 Å². The predicted octanol–water partition coefficient (Wildman–Crippen LogP) is 17.0. The standard InChI is InChI=1S/C61H39NS/c1-3-20-45(21-4-1)61(46-22-5-2-6-23-46)55-28-14-13-24-50(55)51-35-32-44(38-56(51)61)49-27-15-29-58-59(49)54-39-57(52-25-11-12-26-53(52)60(54)63-58)62(47-33-30-40-16-7-9-18-42(40)36-47)48-34-31-41-17-8-10-19-43(41)37-48/h1-39H. The number of rotatable bonds is 6. The van der Waals surface area contributed by atoms with Crippen molar-refractivity contribution in [3.05, 3.63) is 259 Å². The molecule has 0 amide bonds. The molecule has 11 aromatic carbocycles. The van der Waals surface area contributed by atoms with E-state index >= 15 is 0 Å². The molecule has 1 heterocycles. The Bertz CT molecular complexity index is 3630. The number of hydrogen-bond acceptors (Lipinski definition) is 2. The van der Waals surface area contributed by atoms with Crippen molar-refractivity contribution in [3.8, 4) is 22.3 Å². The van der Waals surface area contributed by atoms with Crippen molar-refractivity contribution in [2.45, 2.75) is 5.41 Å². The summed E-state index contributed by atoms with van der Waals surface area (Å²) in [5.74, 6) is 0. The van der Waals surface area contributed by atoms with Crippen molar-refractivity contribution >= 4 is 80.9 Å². The van der Waals surface area contributed by atoms with E-state index in [1.54, 1.807) is 0 Å². The molecule has 1 aromatic heterocycles. The molecule has 0 fully saturated rings. The highest BCUT2D eigenvalue weighted by atomic mass is 32.1. The van der Waals surface area contributed by atoms with E-state index in [0.29, 0.717) is 0 Å². The van der Waals surface area contributed by atoms with Crippen molar-refractivity contribution in [2.24, 2.45) is 0 Å². The Morgan fingerprint density at radius 2 is 0.905 bits per heavy atom. The first-order valence-electron chi connectivity index (χ1n) is 21.7. The molecule has 0 spiro atoms. The van der Waals surface area contributed by atoms with Crippen LogP contribution >= 0.6 is 11.3 Å². The summed E-state index contributed by atoms with van der Waals surface area (Å²) in [7, 11) is 0. The fourth-order valence-corrected chi connectivity index (χ4v) is 12.0. The third-order valence-electron chi connectivity index (χ3n) is 13.5. The highest BCUT2D eigenvalue weighted by Crippen LogP contribution is 2.57. The molecule has 0 unspecified atom stereocenters. The number of hydrogen-bond donors (Lipinski definition) is 0. The van der Waals surface area contributed by atoms with Crippen LogP contribution in [0.25, 0.3) is 74.7 Å². The van der Waals surface area contributed by atoms with Crippen LogP contribution in [-0.2, 0) is 5.41 Å². The smallest absolute Gasteiger partial charge is 0.0713 e. The molecular formula is C61H39NS. The van der Waals surface area contributed by atoms with Crippen LogP contribution in [0.4, 0.5) is 17.1 Å². The Balaban J connectivity index is 1.09. The normalized spacial score (nSPS) is 12.9. The molecule has 13 rings (SSSR count). The highest BCUT2D eigenvalue weighted by Gasteiger charge is 2.46. The van der Waals surface area contributed by atoms with E-state index in [1.165, 1.54) is 97.0 Å². The quantitative estimate of drug-likeness (QED) is 0.162. The van der Waals surface area contributed by atoms with Crippen LogP contribution in [0, 0.1) is 0 Å².